The summed E-state index contributed by atoms with van der Waals surface area (Å²) in [5.41, 5.74) is 0.469. The van der Waals surface area contributed by atoms with Crippen molar-refractivity contribution in [1.29, 1.82) is 0 Å². The van der Waals surface area contributed by atoms with Crippen LogP contribution in [-0.4, -0.2) is 34.5 Å². The lowest BCUT2D eigenvalue weighted by Crippen LogP contribution is -2.40. The lowest BCUT2D eigenvalue weighted by molar-refractivity contribution is -0.160. The fourth-order valence-corrected chi connectivity index (χ4v) is 1.21. The van der Waals surface area contributed by atoms with Crippen LogP contribution in [-0.2, 0) is 9.53 Å². The fourth-order valence-electron chi connectivity index (χ4n) is 1.21. The van der Waals surface area contributed by atoms with E-state index in [1.165, 1.54) is 0 Å². The zero-order valence-electron chi connectivity index (χ0n) is 10.4. The second-order valence-electron chi connectivity index (χ2n) is 3.79. The van der Waals surface area contributed by atoms with Crippen LogP contribution in [0.4, 0.5) is 0 Å². The van der Waals surface area contributed by atoms with Gasteiger partial charge in [0.25, 0.3) is 0 Å². The van der Waals surface area contributed by atoms with Gasteiger partial charge in [-0.05, 0) is 26.7 Å². The Morgan fingerprint density at radius 3 is 2.00 bits per heavy atom. The van der Waals surface area contributed by atoms with Gasteiger partial charge in [-0.15, -0.1) is 0 Å². The van der Waals surface area contributed by atoms with Crippen molar-refractivity contribution in [1.82, 2.24) is 0 Å². The molecule has 4 nitrogen and oxygen atoms in total. The summed E-state index contributed by atoms with van der Waals surface area (Å²) in [7, 11) is 0. The van der Waals surface area contributed by atoms with E-state index in [4.69, 9.17) is 4.74 Å². The molecule has 2 N–H and O–H groups in total. The molecule has 0 saturated heterocycles. The molecule has 4 heteroatoms. The highest BCUT2D eigenvalue weighted by Crippen LogP contribution is 2.13. The summed E-state index contributed by atoms with van der Waals surface area (Å²) in [6, 6.07) is 0. The van der Waals surface area contributed by atoms with E-state index in [1.807, 2.05) is 0 Å². The van der Waals surface area contributed by atoms with E-state index in [1.54, 1.807) is 33.8 Å². The maximum atomic E-state index is 11.5. The minimum atomic E-state index is -0.850. The number of allylic oxidation sites excluding steroid dienone is 1. The molecule has 0 aromatic heterocycles. The summed E-state index contributed by atoms with van der Waals surface area (Å²) < 4.78 is 5.10. The molecule has 0 bridgehead atoms. The van der Waals surface area contributed by atoms with Crippen LogP contribution in [0, 0.1) is 0 Å². The molecule has 0 rings (SSSR count). The molecule has 2 atom stereocenters. The number of rotatable bonds is 6. The van der Waals surface area contributed by atoms with Gasteiger partial charge in [0.05, 0.1) is 12.2 Å². The molecular weight excluding hydrogens is 208 g/mol. The molecule has 94 valence electrons. The third kappa shape index (κ3) is 4.33. The van der Waals surface area contributed by atoms with Crippen molar-refractivity contribution in [2.75, 3.05) is 0 Å². The Kier molecular flexibility index (Phi) is 7.01. The second kappa shape index (κ2) is 7.41. The van der Waals surface area contributed by atoms with Gasteiger partial charge in [-0.1, -0.05) is 19.9 Å². The van der Waals surface area contributed by atoms with E-state index in [9.17, 15) is 15.0 Å². The lowest BCUT2D eigenvalue weighted by Gasteiger charge is -2.26. The zero-order chi connectivity index (χ0) is 12.7. The average Bonchev–Trinajstić information content (AvgIpc) is 2.32. The normalized spacial score (nSPS) is 17.8. The highest BCUT2D eigenvalue weighted by atomic mass is 16.6. The number of aliphatic hydroxyl groups excluding tert-OH is 2. The van der Waals surface area contributed by atoms with Gasteiger partial charge >= 0.3 is 5.97 Å². The van der Waals surface area contributed by atoms with Crippen LogP contribution < -0.4 is 0 Å². The number of hydrogen-bond acceptors (Lipinski definition) is 4. The highest BCUT2D eigenvalue weighted by Gasteiger charge is 2.28. The summed E-state index contributed by atoms with van der Waals surface area (Å²) in [5, 5.41) is 19.3. The number of ether oxygens (including phenoxy) is 1. The molecule has 0 aliphatic heterocycles. The van der Waals surface area contributed by atoms with Gasteiger partial charge in [0, 0.05) is 5.57 Å². The van der Waals surface area contributed by atoms with Gasteiger partial charge in [0.15, 0.2) is 6.10 Å². The van der Waals surface area contributed by atoms with E-state index in [-0.39, 0.29) is 0 Å². The van der Waals surface area contributed by atoms with E-state index in [2.05, 4.69) is 0 Å². The Hall–Kier alpha value is -0.870. The number of carbonyl (C=O) groups is 1. The maximum absolute atomic E-state index is 11.5. The monoisotopic (exact) mass is 230 g/mol. The van der Waals surface area contributed by atoms with Gasteiger partial charge in [-0.3, -0.25) is 0 Å². The molecule has 0 aliphatic carbocycles. The summed E-state index contributed by atoms with van der Waals surface area (Å²) in [6.45, 7) is 6.92. The third-order valence-electron chi connectivity index (χ3n) is 2.59. The molecule has 0 amide bonds. The number of carbonyl (C=O) groups excluding carboxylic acids is 1. The minimum absolute atomic E-state index is 0.434. The Balaban J connectivity index is 4.61. The summed E-state index contributed by atoms with van der Waals surface area (Å²) >= 11 is 0. The molecule has 0 fully saturated rings. The summed E-state index contributed by atoms with van der Waals surface area (Å²) in [5.74, 6) is -0.493. The van der Waals surface area contributed by atoms with E-state index < -0.39 is 24.3 Å². The van der Waals surface area contributed by atoms with Crippen molar-refractivity contribution < 1.29 is 19.7 Å². The summed E-state index contributed by atoms with van der Waals surface area (Å²) in [6.07, 6.45) is -0.00591. The molecule has 0 aromatic carbocycles. The molecule has 0 radical (unpaired) electrons. The van der Waals surface area contributed by atoms with E-state index >= 15 is 0 Å². The summed E-state index contributed by atoms with van der Waals surface area (Å²) in [4.78, 5) is 11.5. The standard InChI is InChI=1S/C12H22O4/c1-5-8(4)12(15)16-11(9(13)6-2)10(14)7-3/h5,9-11,13-14H,6-7H2,1-4H3. The van der Waals surface area contributed by atoms with Gasteiger partial charge in [-0.25, -0.2) is 4.79 Å². The third-order valence-corrected chi connectivity index (χ3v) is 2.59. The Morgan fingerprint density at radius 2 is 1.69 bits per heavy atom. The SMILES string of the molecule is CC=C(C)C(=O)OC(C(O)CC)C(O)CC. The molecular formula is C12H22O4. The average molecular weight is 230 g/mol. The largest absolute Gasteiger partial charge is 0.453 e. The Labute approximate surface area is 96.9 Å². The van der Waals surface area contributed by atoms with Crippen LogP contribution in [0.15, 0.2) is 11.6 Å². The predicted octanol–water partition coefficient (Wildman–Crippen LogP) is 1.41. The number of aliphatic hydroxyl groups is 2. The fraction of sp³-hybridized carbons (Fsp3) is 0.750. The number of hydrogen-bond donors (Lipinski definition) is 2. The lowest BCUT2D eigenvalue weighted by atomic mass is 10.0. The molecule has 0 aliphatic rings. The van der Waals surface area contributed by atoms with Crippen LogP contribution in [0.5, 0.6) is 0 Å². The van der Waals surface area contributed by atoms with Crippen molar-refractivity contribution in [3.63, 3.8) is 0 Å². The molecule has 0 saturated carbocycles. The topological polar surface area (TPSA) is 66.8 Å². The first kappa shape index (κ1) is 15.1. The second-order valence-corrected chi connectivity index (χ2v) is 3.79. The minimum Gasteiger partial charge on any atom is -0.453 e. The first-order valence-corrected chi connectivity index (χ1v) is 5.67. The molecule has 2 unspecified atom stereocenters. The van der Waals surface area contributed by atoms with E-state index in [0.29, 0.717) is 18.4 Å². The Morgan fingerprint density at radius 1 is 1.25 bits per heavy atom. The Bertz CT molecular complexity index is 237. The molecule has 0 aromatic rings. The maximum Gasteiger partial charge on any atom is 0.333 e. The van der Waals surface area contributed by atoms with Crippen LogP contribution in [0.25, 0.3) is 0 Å². The van der Waals surface area contributed by atoms with Crippen molar-refractivity contribution in [3.8, 4) is 0 Å². The predicted molar refractivity (Wildman–Crippen MR) is 61.9 cm³/mol. The van der Waals surface area contributed by atoms with Crippen LogP contribution >= 0.6 is 0 Å². The van der Waals surface area contributed by atoms with Crippen molar-refractivity contribution >= 4 is 5.97 Å². The van der Waals surface area contributed by atoms with E-state index in [0.717, 1.165) is 0 Å². The van der Waals surface area contributed by atoms with Gasteiger partial charge in [0.2, 0.25) is 0 Å². The molecule has 0 spiro atoms. The van der Waals surface area contributed by atoms with Crippen molar-refractivity contribution in [3.05, 3.63) is 11.6 Å². The van der Waals surface area contributed by atoms with Crippen molar-refractivity contribution in [2.45, 2.75) is 58.8 Å². The smallest absolute Gasteiger partial charge is 0.333 e. The van der Waals surface area contributed by atoms with Gasteiger partial charge < -0.3 is 14.9 Å². The molecule has 0 heterocycles. The van der Waals surface area contributed by atoms with Gasteiger partial charge in [-0.2, -0.15) is 0 Å². The van der Waals surface area contributed by atoms with Crippen LogP contribution in [0.2, 0.25) is 0 Å². The zero-order valence-corrected chi connectivity index (χ0v) is 10.4. The van der Waals surface area contributed by atoms with Crippen LogP contribution in [0.3, 0.4) is 0 Å². The number of esters is 1. The first-order chi connectivity index (χ1) is 7.47. The quantitative estimate of drug-likeness (QED) is 0.535. The van der Waals surface area contributed by atoms with Crippen molar-refractivity contribution in [2.24, 2.45) is 0 Å². The van der Waals surface area contributed by atoms with Gasteiger partial charge in [0.1, 0.15) is 0 Å². The van der Waals surface area contributed by atoms with Crippen LogP contribution in [0.1, 0.15) is 40.5 Å². The molecule has 16 heavy (non-hydrogen) atoms. The first-order valence-electron chi connectivity index (χ1n) is 5.67. The highest BCUT2D eigenvalue weighted by molar-refractivity contribution is 5.87.